The number of ether oxygens (including phenoxy) is 1. The Labute approximate surface area is 192 Å². The third kappa shape index (κ3) is 6.73. The minimum atomic E-state index is -0.0417. The van der Waals surface area contributed by atoms with Crippen LogP contribution in [0.1, 0.15) is 11.1 Å². The fourth-order valence-electron chi connectivity index (χ4n) is 2.86. The van der Waals surface area contributed by atoms with Crippen LogP contribution in [-0.2, 0) is 4.79 Å². The number of anilines is 3. The summed E-state index contributed by atoms with van der Waals surface area (Å²) in [5, 5.41) is 9.72. The van der Waals surface area contributed by atoms with Crippen LogP contribution in [0.5, 0.6) is 5.75 Å². The van der Waals surface area contributed by atoms with Gasteiger partial charge in [-0.2, -0.15) is 0 Å². The molecule has 0 aliphatic rings. The first kappa shape index (κ1) is 22.7. The van der Waals surface area contributed by atoms with Crippen molar-refractivity contribution in [3.05, 3.63) is 77.9 Å². The summed E-state index contributed by atoms with van der Waals surface area (Å²) >= 11 is 6.89. The van der Waals surface area contributed by atoms with Gasteiger partial charge in [-0.15, -0.1) is 11.8 Å². The number of hydrogen-bond acceptors (Lipinski definition) is 4. The number of carbonyl (C=O) groups excluding carboxylic acids is 1. The Balaban J connectivity index is 1.54. The lowest BCUT2D eigenvalue weighted by Crippen LogP contribution is -2.19. The number of thioether (sulfide) groups is 1. The molecule has 7 heteroatoms. The summed E-state index contributed by atoms with van der Waals surface area (Å²) in [6.45, 7) is 4.08. The molecule has 5 nitrogen and oxygen atoms in total. The molecule has 0 saturated carbocycles. The highest BCUT2D eigenvalue weighted by atomic mass is 32.2. The number of para-hydroxylation sites is 2. The molecule has 0 aromatic heterocycles. The van der Waals surface area contributed by atoms with E-state index in [1.807, 2.05) is 73.7 Å². The Morgan fingerprint density at radius 3 is 2.45 bits per heavy atom. The van der Waals surface area contributed by atoms with Gasteiger partial charge in [0, 0.05) is 16.3 Å². The lowest BCUT2D eigenvalue weighted by atomic mass is 10.1. The molecule has 0 radical (unpaired) electrons. The van der Waals surface area contributed by atoms with Crippen LogP contribution in [-0.4, -0.2) is 23.9 Å². The van der Waals surface area contributed by atoms with Gasteiger partial charge in [0.25, 0.3) is 0 Å². The highest BCUT2D eigenvalue weighted by Gasteiger charge is 2.07. The molecule has 0 atom stereocenters. The zero-order valence-electron chi connectivity index (χ0n) is 17.7. The summed E-state index contributed by atoms with van der Waals surface area (Å²) < 4.78 is 5.33. The van der Waals surface area contributed by atoms with Gasteiger partial charge in [-0.05, 0) is 79.7 Å². The van der Waals surface area contributed by atoms with Gasteiger partial charge in [0.2, 0.25) is 5.91 Å². The zero-order valence-corrected chi connectivity index (χ0v) is 19.3. The highest BCUT2D eigenvalue weighted by Crippen LogP contribution is 2.25. The maximum Gasteiger partial charge on any atom is 0.234 e. The van der Waals surface area contributed by atoms with Crippen LogP contribution in [0.15, 0.2) is 71.6 Å². The average Bonchev–Trinajstić information content (AvgIpc) is 2.75. The number of amides is 1. The molecule has 0 aliphatic heterocycles. The predicted octanol–water partition coefficient (Wildman–Crippen LogP) is 5.85. The Morgan fingerprint density at radius 1 is 0.903 bits per heavy atom. The van der Waals surface area contributed by atoms with E-state index in [2.05, 4.69) is 22.9 Å². The van der Waals surface area contributed by atoms with Crippen LogP contribution in [0.3, 0.4) is 0 Å². The number of thiocarbonyl (C=S) groups is 1. The fourth-order valence-corrected chi connectivity index (χ4v) is 3.84. The smallest absolute Gasteiger partial charge is 0.234 e. The summed E-state index contributed by atoms with van der Waals surface area (Å²) in [6, 6.07) is 21.3. The molecule has 0 bridgehead atoms. The second-order valence-electron chi connectivity index (χ2n) is 6.94. The van der Waals surface area contributed by atoms with Crippen molar-refractivity contribution < 1.29 is 9.53 Å². The van der Waals surface area contributed by atoms with E-state index in [1.165, 1.54) is 17.3 Å². The zero-order chi connectivity index (χ0) is 22.2. The van der Waals surface area contributed by atoms with Crippen LogP contribution in [0.2, 0.25) is 0 Å². The van der Waals surface area contributed by atoms with Crippen LogP contribution < -0.4 is 20.7 Å². The number of aryl methyl sites for hydroxylation is 2. The van der Waals surface area contributed by atoms with Crippen LogP contribution in [0, 0.1) is 13.8 Å². The van der Waals surface area contributed by atoms with Crippen LogP contribution >= 0.6 is 24.0 Å². The van der Waals surface area contributed by atoms with E-state index in [9.17, 15) is 4.79 Å². The Morgan fingerprint density at radius 2 is 1.68 bits per heavy atom. The molecule has 31 heavy (non-hydrogen) atoms. The van der Waals surface area contributed by atoms with E-state index >= 15 is 0 Å². The first-order chi connectivity index (χ1) is 14.9. The normalized spacial score (nSPS) is 10.3. The van der Waals surface area contributed by atoms with Crippen LogP contribution in [0.25, 0.3) is 0 Å². The molecule has 0 saturated heterocycles. The van der Waals surface area contributed by atoms with Gasteiger partial charge in [-0.3, -0.25) is 4.79 Å². The summed E-state index contributed by atoms with van der Waals surface area (Å²) in [5.74, 6) is 0.992. The highest BCUT2D eigenvalue weighted by molar-refractivity contribution is 8.00. The fraction of sp³-hybridized carbons (Fsp3) is 0.167. The Bertz CT molecular complexity index is 1090. The van der Waals surface area contributed by atoms with E-state index in [4.69, 9.17) is 17.0 Å². The number of benzene rings is 3. The first-order valence-electron chi connectivity index (χ1n) is 9.75. The Hall–Kier alpha value is -3.03. The standard InChI is InChI=1S/C24H25N3O2S2/c1-16-11-12-19(13-17(16)2)25-23(28)15-31-20-8-6-7-18(14-20)26-24(30)27-21-9-4-5-10-22(21)29-3/h4-14H,15H2,1-3H3,(H,25,28)(H2,26,27,30). The maximum atomic E-state index is 12.3. The molecule has 3 rings (SSSR count). The summed E-state index contributed by atoms with van der Waals surface area (Å²) in [5.41, 5.74) is 4.80. The third-order valence-corrected chi connectivity index (χ3v) is 5.81. The van der Waals surface area contributed by atoms with E-state index in [0.29, 0.717) is 16.6 Å². The lowest BCUT2D eigenvalue weighted by molar-refractivity contribution is -0.113. The molecule has 160 valence electrons. The molecule has 0 heterocycles. The van der Waals surface area contributed by atoms with Gasteiger partial charge in [0.1, 0.15) is 5.75 Å². The van der Waals surface area contributed by atoms with Crippen molar-refractivity contribution in [2.45, 2.75) is 18.7 Å². The van der Waals surface area contributed by atoms with Crippen molar-refractivity contribution in [2.75, 3.05) is 28.8 Å². The molecule has 0 fully saturated rings. The first-order valence-corrected chi connectivity index (χ1v) is 11.1. The number of carbonyl (C=O) groups is 1. The van der Waals surface area contributed by atoms with Crippen molar-refractivity contribution in [1.29, 1.82) is 0 Å². The molecule has 0 spiro atoms. The molecule has 0 aliphatic carbocycles. The average molecular weight is 452 g/mol. The topological polar surface area (TPSA) is 62.4 Å². The molecular weight excluding hydrogens is 426 g/mol. The SMILES string of the molecule is COc1ccccc1NC(=S)Nc1cccc(SCC(=O)Nc2ccc(C)c(C)c2)c1. The largest absolute Gasteiger partial charge is 0.495 e. The number of nitrogens with one attached hydrogen (secondary N) is 3. The summed E-state index contributed by atoms with van der Waals surface area (Å²) in [7, 11) is 1.62. The second-order valence-corrected chi connectivity index (χ2v) is 8.40. The van der Waals surface area contributed by atoms with Gasteiger partial charge >= 0.3 is 0 Å². The predicted molar refractivity (Wildman–Crippen MR) is 135 cm³/mol. The lowest BCUT2D eigenvalue weighted by Gasteiger charge is -2.14. The van der Waals surface area contributed by atoms with Gasteiger partial charge in [0.05, 0.1) is 18.6 Å². The number of hydrogen-bond donors (Lipinski definition) is 3. The van der Waals surface area contributed by atoms with Gasteiger partial charge in [-0.1, -0.05) is 24.3 Å². The van der Waals surface area contributed by atoms with Crippen LogP contribution in [0.4, 0.5) is 17.1 Å². The van der Waals surface area contributed by atoms with E-state index in [0.717, 1.165) is 27.5 Å². The second kappa shape index (κ2) is 10.8. The summed E-state index contributed by atoms with van der Waals surface area (Å²) in [6.07, 6.45) is 0. The maximum absolute atomic E-state index is 12.3. The van der Waals surface area contributed by atoms with E-state index in [1.54, 1.807) is 7.11 Å². The molecule has 1 amide bonds. The van der Waals surface area contributed by atoms with Crippen molar-refractivity contribution >= 4 is 52.1 Å². The van der Waals surface area contributed by atoms with E-state index in [-0.39, 0.29) is 5.91 Å². The molecule has 3 aromatic carbocycles. The van der Waals surface area contributed by atoms with Crippen molar-refractivity contribution in [2.24, 2.45) is 0 Å². The Kier molecular flexibility index (Phi) is 7.92. The van der Waals surface area contributed by atoms with Crippen molar-refractivity contribution in [1.82, 2.24) is 0 Å². The van der Waals surface area contributed by atoms with Crippen molar-refractivity contribution in [3.63, 3.8) is 0 Å². The molecule has 3 N–H and O–H groups in total. The summed E-state index contributed by atoms with van der Waals surface area (Å²) in [4.78, 5) is 13.3. The molecule has 0 unspecified atom stereocenters. The molecule has 3 aromatic rings. The van der Waals surface area contributed by atoms with Gasteiger partial charge < -0.3 is 20.7 Å². The van der Waals surface area contributed by atoms with Crippen molar-refractivity contribution in [3.8, 4) is 5.75 Å². The molecular formula is C24H25N3O2S2. The monoisotopic (exact) mass is 451 g/mol. The minimum Gasteiger partial charge on any atom is -0.495 e. The van der Waals surface area contributed by atoms with Gasteiger partial charge in [0.15, 0.2) is 5.11 Å². The minimum absolute atomic E-state index is 0.0417. The quantitative estimate of drug-likeness (QED) is 0.309. The number of methoxy groups -OCH3 is 1. The van der Waals surface area contributed by atoms with Gasteiger partial charge in [-0.25, -0.2) is 0 Å². The third-order valence-electron chi connectivity index (χ3n) is 4.61. The number of rotatable bonds is 7. The van der Waals surface area contributed by atoms with E-state index < -0.39 is 0 Å².